The average Bonchev–Trinajstić information content (AvgIpc) is 2.74. The zero-order valence-electron chi connectivity index (χ0n) is 10.6. The van der Waals surface area contributed by atoms with Gasteiger partial charge in [0.25, 0.3) is 0 Å². The molecular weight excluding hydrogens is 204 g/mol. The fourth-order valence-corrected chi connectivity index (χ4v) is 2.55. The number of nitrogens with two attached hydrogens (primary N) is 1. The Balaban J connectivity index is 2.51. The van der Waals surface area contributed by atoms with Crippen molar-refractivity contribution in [1.82, 2.24) is 5.43 Å². The molecule has 0 spiro atoms. The second-order valence-electron chi connectivity index (χ2n) is 4.50. The summed E-state index contributed by atoms with van der Waals surface area (Å²) in [5.74, 6) is 5.64. The lowest BCUT2D eigenvalue weighted by atomic mass is 9.93. The second-order valence-corrected chi connectivity index (χ2v) is 4.50. The van der Waals surface area contributed by atoms with E-state index >= 15 is 0 Å². The summed E-state index contributed by atoms with van der Waals surface area (Å²) in [6.07, 6.45) is 5.67. The summed E-state index contributed by atoms with van der Waals surface area (Å²) in [6, 6.07) is 0.112. The van der Waals surface area contributed by atoms with Crippen LogP contribution in [-0.4, -0.2) is 31.5 Å². The Morgan fingerprint density at radius 1 is 1.31 bits per heavy atom. The van der Waals surface area contributed by atoms with E-state index in [1.54, 1.807) is 0 Å². The summed E-state index contributed by atoms with van der Waals surface area (Å²) in [7, 11) is 0. The molecule has 0 radical (unpaired) electrons. The normalized spacial score (nSPS) is 21.2. The SMILES string of the molecule is CCCOCC(NN)C1(OCC)CCCC1. The van der Waals surface area contributed by atoms with Gasteiger partial charge in [-0.05, 0) is 26.2 Å². The molecule has 1 unspecified atom stereocenters. The zero-order chi connectivity index (χ0) is 11.9. The van der Waals surface area contributed by atoms with Crippen LogP contribution < -0.4 is 11.3 Å². The van der Waals surface area contributed by atoms with Crippen LogP contribution in [0.1, 0.15) is 46.0 Å². The van der Waals surface area contributed by atoms with E-state index in [4.69, 9.17) is 15.3 Å². The maximum atomic E-state index is 5.95. The first kappa shape index (κ1) is 13.9. The lowest BCUT2D eigenvalue weighted by Gasteiger charge is -2.36. The summed E-state index contributed by atoms with van der Waals surface area (Å²) in [4.78, 5) is 0. The summed E-state index contributed by atoms with van der Waals surface area (Å²) >= 11 is 0. The van der Waals surface area contributed by atoms with Crippen molar-refractivity contribution in [1.29, 1.82) is 0 Å². The highest BCUT2D eigenvalue weighted by molar-refractivity contribution is 4.96. The molecule has 16 heavy (non-hydrogen) atoms. The summed E-state index contributed by atoms with van der Waals surface area (Å²) < 4.78 is 11.5. The first-order valence-electron chi connectivity index (χ1n) is 6.47. The molecule has 1 saturated carbocycles. The van der Waals surface area contributed by atoms with Crippen molar-refractivity contribution in [2.24, 2.45) is 5.84 Å². The summed E-state index contributed by atoms with van der Waals surface area (Å²) in [6.45, 7) is 6.33. The van der Waals surface area contributed by atoms with Gasteiger partial charge in [-0.25, -0.2) is 0 Å². The highest BCUT2D eigenvalue weighted by atomic mass is 16.5. The molecule has 1 aliphatic carbocycles. The fourth-order valence-electron chi connectivity index (χ4n) is 2.55. The Kier molecular flexibility index (Phi) is 6.28. The number of hydrogen-bond donors (Lipinski definition) is 2. The van der Waals surface area contributed by atoms with Gasteiger partial charge in [0.05, 0.1) is 18.2 Å². The smallest absolute Gasteiger partial charge is 0.0870 e. The minimum Gasteiger partial charge on any atom is -0.380 e. The standard InChI is InChI=1S/C12H26N2O2/c1-3-9-15-10-11(14-13)12(16-4-2)7-5-6-8-12/h11,14H,3-10,13H2,1-2H3. The molecule has 1 aliphatic rings. The van der Waals surface area contributed by atoms with Crippen molar-refractivity contribution in [3.63, 3.8) is 0 Å². The molecule has 0 aromatic rings. The van der Waals surface area contributed by atoms with Crippen LogP contribution in [0, 0.1) is 0 Å². The molecule has 0 bridgehead atoms. The van der Waals surface area contributed by atoms with Gasteiger partial charge in [0.1, 0.15) is 0 Å². The first-order valence-corrected chi connectivity index (χ1v) is 6.47. The van der Waals surface area contributed by atoms with E-state index in [2.05, 4.69) is 12.3 Å². The van der Waals surface area contributed by atoms with Gasteiger partial charge < -0.3 is 9.47 Å². The lowest BCUT2D eigenvalue weighted by molar-refractivity contribution is -0.0804. The Labute approximate surface area is 98.8 Å². The molecule has 4 heteroatoms. The first-order chi connectivity index (χ1) is 7.79. The number of ether oxygens (including phenoxy) is 2. The van der Waals surface area contributed by atoms with E-state index in [1.807, 2.05) is 6.92 Å². The Morgan fingerprint density at radius 3 is 2.50 bits per heavy atom. The largest absolute Gasteiger partial charge is 0.380 e. The average molecular weight is 230 g/mol. The second kappa shape index (κ2) is 7.22. The number of nitrogens with one attached hydrogen (secondary N) is 1. The minimum atomic E-state index is -0.1000. The maximum Gasteiger partial charge on any atom is 0.0870 e. The van der Waals surface area contributed by atoms with Crippen LogP contribution in [0.5, 0.6) is 0 Å². The monoisotopic (exact) mass is 230 g/mol. The van der Waals surface area contributed by atoms with Crippen molar-refractivity contribution in [3.8, 4) is 0 Å². The molecule has 3 N–H and O–H groups in total. The van der Waals surface area contributed by atoms with Crippen LogP contribution in [0.2, 0.25) is 0 Å². The van der Waals surface area contributed by atoms with Crippen LogP contribution in [-0.2, 0) is 9.47 Å². The van der Waals surface area contributed by atoms with Gasteiger partial charge in [-0.3, -0.25) is 11.3 Å². The van der Waals surface area contributed by atoms with Gasteiger partial charge in [0.2, 0.25) is 0 Å². The van der Waals surface area contributed by atoms with Gasteiger partial charge in [0.15, 0.2) is 0 Å². The summed E-state index contributed by atoms with van der Waals surface area (Å²) in [5, 5.41) is 0. The molecule has 0 aliphatic heterocycles. The number of hydrogen-bond acceptors (Lipinski definition) is 4. The van der Waals surface area contributed by atoms with Gasteiger partial charge in [0, 0.05) is 13.2 Å². The van der Waals surface area contributed by atoms with Crippen LogP contribution in [0.3, 0.4) is 0 Å². The Morgan fingerprint density at radius 2 is 2.00 bits per heavy atom. The van der Waals surface area contributed by atoms with Crippen molar-refractivity contribution in [2.45, 2.75) is 57.6 Å². The van der Waals surface area contributed by atoms with Crippen LogP contribution in [0.15, 0.2) is 0 Å². The third-order valence-electron chi connectivity index (χ3n) is 3.35. The molecular formula is C12H26N2O2. The highest BCUT2D eigenvalue weighted by Gasteiger charge is 2.41. The Bertz CT molecular complexity index is 182. The lowest BCUT2D eigenvalue weighted by Crippen LogP contribution is -2.56. The summed E-state index contributed by atoms with van der Waals surface area (Å²) in [5.41, 5.74) is 2.78. The molecule has 0 aromatic carbocycles. The highest BCUT2D eigenvalue weighted by Crippen LogP contribution is 2.36. The predicted octanol–water partition coefficient (Wildman–Crippen LogP) is 1.59. The van der Waals surface area contributed by atoms with E-state index in [1.165, 1.54) is 12.8 Å². The molecule has 4 nitrogen and oxygen atoms in total. The van der Waals surface area contributed by atoms with Gasteiger partial charge in [-0.1, -0.05) is 19.8 Å². The zero-order valence-corrected chi connectivity index (χ0v) is 10.6. The molecule has 0 heterocycles. The van der Waals surface area contributed by atoms with Gasteiger partial charge in [-0.15, -0.1) is 0 Å². The van der Waals surface area contributed by atoms with Crippen molar-refractivity contribution < 1.29 is 9.47 Å². The number of rotatable bonds is 8. The topological polar surface area (TPSA) is 56.5 Å². The molecule has 0 amide bonds. The molecule has 0 saturated heterocycles. The fraction of sp³-hybridized carbons (Fsp3) is 1.00. The predicted molar refractivity (Wildman–Crippen MR) is 65.0 cm³/mol. The molecule has 1 fully saturated rings. The molecule has 1 rings (SSSR count). The van der Waals surface area contributed by atoms with Gasteiger partial charge in [-0.2, -0.15) is 0 Å². The van der Waals surface area contributed by atoms with E-state index < -0.39 is 0 Å². The van der Waals surface area contributed by atoms with E-state index in [0.717, 1.165) is 32.5 Å². The van der Waals surface area contributed by atoms with Crippen LogP contribution >= 0.6 is 0 Å². The third kappa shape index (κ3) is 3.42. The van der Waals surface area contributed by atoms with E-state index in [-0.39, 0.29) is 11.6 Å². The van der Waals surface area contributed by atoms with Crippen LogP contribution in [0.25, 0.3) is 0 Å². The third-order valence-corrected chi connectivity index (χ3v) is 3.35. The van der Waals surface area contributed by atoms with E-state index in [9.17, 15) is 0 Å². The maximum absolute atomic E-state index is 5.95. The van der Waals surface area contributed by atoms with Gasteiger partial charge >= 0.3 is 0 Å². The molecule has 1 atom stereocenters. The quantitative estimate of drug-likeness (QED) is 0.378. The number of hydrazine groups is 1. The Hall–Kier alpha value is -0.160. The van der Waals surface area contributed by atoms with E-state index in [0.29, 0.717) is 6.61 Å². The van der Waals surface area contributed by atoms with Crippen LogP contribution in [0.4, 0.5) is 0 Å². The van der Waals surface area contributed by atoms with Crippen molar-refractivity contribution in [3.05, 3.63) is 0 Å². The molecule has 0 aromatic heterocycles. The van der Waals surface area contributed by atoms with Crippen molar-refractivity contribution >= 4 is 0 Å². The van der Waals surface area contributed by atoms with Crippen molar-refractivity contribution in [2.75, 3.05) is 19.8 Å². The molecule has 96 valence electrons. The minimum absolute atomic E-state index is 0.1000.